The lowest BCUT2D eigenvalue weighted by Gasteiger charge is -2.10. The van der Waals surface area contributed by atoms with Gasteiger partial charge in [-0.1, -0.05) is 23.4 Å². The number of nitrogens with one attached hydrogen (secondary N) is 1. The molecular weight excluding hydrogens is 508 g/mol. The number of amides is 1. The smallest absolute Gasteiger partial charge is 0.224 e. The van der Waals surface area contributed by atoms with E-state index in [0.717, 1.165) is 26.1 Å². The molecule has 0 unspecified atom stereocenters. The van der Waals surface area contributed by atoms with E-state index in [0.29, 0.717) is 17.8 Å². The van der Waals surface area contributed by atoms with Crippen LogP contribution >= 0.6 is 22.6 Å². The van der Waals surface area contributed by atoms with E-state index in [1.165, 1.54) is 12.1 Å². The van der Waals surface area contributed by atoms with Crippen LogP contribution in [0.3, 0.4) is 0 Å². The van der Waals surface area contributed by atoms with E-state index in [1.807, 2.05) is 36.5 Å². The lowest BCUT2D eigenvalue weighted by molar-refractivity contribution is -0.116. The van der Waals surface area contributed by atoms with E-state index in [-0.39, 0.29) is 18.1 Å². The zero-order valence-corrected chi connectivity index (χ0v) is 18.6. The van der Waals surface area contributed by atoms with Gasteiger partial charge >= 0.3 is 0 Å². The fourth-order valence-corrected chi connectivity index (χ4v) is 3.43. The van der Waals surface area contributed by atoms with Gasteiger partial charge < -0.3 is 11.1 Å². The molecule has 0 radical (unpaired) electrons. The van der Waals surface area contributed by atoms with E-state index in [9.17, 15) is 9.18 Å². The maximum Gasteiger partial charge on any atom is 0.224 e. The molecule has 3 N–H and O–H groups in total. The zero-order valence-electron chi connectivity index (χ0n) is 16.4. The Morgan fingerprint density at radius 2 is 1.74 bits per heavy atom. The molecule has 1 aromatic heterocycles. The summed E-state index contributed by atoms with van der Waals surface area (Å²) in [6.45, 7) is 0. The van der Waals surface area contributed by atoms with Gasteiger partial charge in [0.1, 0.15) is 5.82 Å². The normalized spacial score (nSPS) is 10.8. The van der Waals surface area contributed by atoms with Crippen LogP contribution in [0.15, 0.2) is 72.9 Å². The number of hydrogen-bond acceptors (Lipinski definition) is 4. The number of hydrogen-bond donors (Lipinski definition) is 2. The Labute approximate surface area is 192 Å². The number of nitrogen functional groups attached to an aromatic ring is 1. The van der Waals surface area contributed by atoms with Crippen LogP contribution in [0.4, 0.5) is 15.8 Å². The van der Waals surface area contributed by atoms with Crippen molar-refractivity contribution < 1.29 is 9.18 Å². The Bertz CT molecular complexity index is 1210. The summed E-state index contributed by atoms with van der Waals surface area (Å²) >= 11 is 2.25. The van der Waals surface area contributed by atoms with E-state index in [1.54, 1.807) is 28.9 Å². The van der Waals surface area contributed by atoms with Gasteiger partial charge in [0.05, 0.1) is 29.0 Å². The molecule has 8 heteroatoms. The van der Waals surface area contributed by atoms with Crippen molar-refractivity contribution in [3.05, 3.63) is 88.0 Å². The molecule has 1 amide bonds. The van der Waals surface area contributed by atoms with Gasteiger partial charge in [0.15, 0.2) is 0 Å². The van der Waals surface area contributed by atoms with E-state index < -0.39 is 0 Å². The topological polar surface area (TPSA) is 85.8 Å². The summed E-state index contributed by atoms with van der Waals surface area (Å²) in [4.78, 5) is 12.5. The first kappa shape index (κ1) is 21.0. The summed E-state index contributed by atoms with van der Waals surface area (Å²) in [6.07, 6.45) is 2.51. The second-order valence-electron chi connectivity index (χ2n) is 6.99. The van der Waals surface area contributed by atoms with Crippen LogP contribution in [0.1, 0.15) is 12.1 Å². The fraction of sp³-hybridized carbons (Fsp3) is 0.0870. The molecular formula is C23H19FIN5O. The number of carbonyl (C=O) groups is 1. The van der Waals surface area contributed by atoms with Crippen molar-refractivity contribution in [2.45, 2.75) is 12.8 Å². The highest BCUT2D eigenvalue weighted by molar-refractivity contribution is 14.1. The highest BCUT2D eigenvalue weighted by Crippen LogP contribution is 2.27. The van der Waals surface area contributed by atoms with Gasteiger partial charge in [0.25, 0.3) is 0 Å². The van der Waals surface area contributed by atoms with Gasteiger partial charge in [-0.15, -0.1) is 5.10 Å². The minimum Gasteiger partial charge on any atom is -0.397 e. The Balaban J connectivity index is 1.39. The predicted octanol–water partition coefficient (Wildman–Crippen LogP) is 4.83. The molecule has 1 heterocycles. The van der Waals surface area contributed by atoms with Gasteiger partial charge in [0.2, 0.25) is 5.91 Å². The Kier molecular flexibility index (Phi) is 6.26. The highest BCUT2D eigenvalue weighted by Gasteiger charge is 2.10. The number of nitrogens with zero attached hydrogens (tertiary/aromatic N) is 3. The Hall–Kier alpha value is -3.27. The average molecular weight is 527 g/mol. The van der Waals surface area contributed by atoms with E-state index in [4.69, 9.17) is 5.73 Å². The first-order chi connectivity index (χ1) is 15.0. The Morgan fingerprint density at radius 1 is 1.03 bits per heavy atom. The van der Waals surface area contributed by atoms with Gasteiger partial charge in [-0.05, 0) is 82.2 Å². The Morgan fingerprint density at radius 3 is 2.48 bits per heavy atom. The molecule has 0 saturated carbocycles. The van der Waals surface area contributed by atoms with Gasteiger partial charge in [0, 0.05) is 16.4 Å². The monoisotopic (exact) mass is 527 g/mol. The zero-order chi connectivity index (χ0) is 21.8. The third kappa shape index (κ3) is 5.26. The summed E-state index contributed by atoms with van der Waals surface area (Å²) in [5.41, 5.74) is 10.3. The molecule has 0 fully saturated rings. The summed E-state index contributed by atoms with van der Waals surface area (Å²) in [6, 6.07) is 19.4. The van der Waals surface area contributed by atoms with Crippen LogP contribution < -0.4 is 11.1 Å². The highest BCUT2D eigenvalue weighted by atomic mass is 127. The molecule has 156 valence electrons. The van der Waals surface area contributed by atoms with Crippen molar-refractivity contribution in [1.82, 2.24) is 15.0 Å². The number of aryl methyl sites for hydroxylation is 1. The van der Waals surface area contributed by atoms with Crippen molar-refractivity contribution in [1.29, 1.82) is 0 Å². The molecule has 4 rings (SSSR count). The molecule has 0 aliphatic carbocycles. The average Bonchev–Trinajstić information content (AvgIpc) is 3.24. The molecule has 0 bridgehead atoms. The first-order valence-corrected chi connectivity index (χ1v) is 10.7. The second-order valence-corrected chi connectivity index (χ2v) is 8.23. The fourth-order valence-electron chi connectivity index (χ4n) is 3.07. The van der Waals surface area contributed by atoms with Gasteiger partial charge in [-0.2, -0.15) is 0 Å². The summed E-state index contributed by atoms with van der Waals surface area (Å²) in [5, 5.41) is 11.1. The molecule has 0 aliphatic rings. The summed E-state index contributed by atoms with van der Waals surface area (Å²) in [5.74, 6) is -0.474. The number of halogens is 2. The van der Waals surface area contributed by atoms with E-state index >= 15 is 0 Å². The summed E-state index contributed by atoms with van der Waals surface area (Å²) in [7, 11) is 0. The van der Waals surface area contributed by atoms with Gasteiger partial charge in [-0.25, -0.2) is 9.07 Å². The largest absolute Gasteiger partial charge is 0.397 e. The minimum absolute atomic E-state index is 0.174. The van der Waals surface area contributed by atoms with Crippen LogP contribution in [0.2, 0.25) is 0 Å². The molecule has 0 atom stereocenters. The molecule has 31 heavy (non-hydrogen) atoms. The lowest BCUT2D eigenvalue weighted by Crippen LogP contribution is -2.13. The number of aromatic nitrogens is 3. The van der Waals surface area contributed by atoms with E-state index in [2.05, 4.69) is 38.2 Å². The first-order valence-electron chi connectivity index (χ1n) is 9.60. The minimum atomic E-state index is -0.299. The standard InChI is InChI=1S/C23H19FIN5O/c24-17-4-1-15(2-5-17)16-3-11-21(26)22(13-16)27-23(31)12-8-19-14-30(29-28-19)20-9-6-18(25)7-10-20/h1-7,9-11,13-14H,8,12,26H2,(H,27,31). The SMILES string of the molecule is Nc1ccc(-c2ccc(F)cc2)cc1NC(=O)CCc1cn(-c2ccc(I)cc2)nn1. The summed E-state index contributed by atoms with van der Waals surface area (Å²) < 4.78 is 16.0. The quantitative estimate of drug-likeness (QED) is 0.278. The van der Waals surface area contributed by atoms with Crippen LogP contribution in [0.25, 0.3) is 16.8 Å². The predicted molar refractivity (Wildman–Crippen MR) is 127 cm³/mol. The molecule has 0 saturated heterocycles. The molecule has 0 aliphatic heterocycles. The molecule has 4 aromatic rings. The maximum atomic E-state index is 13.2. The number of rotatable bonds is 6. The number of nitrogens with two attached hydrogens (primary N) is 1. The maximum absolute atomic E-state index is 13.2. The third-order valence-electron chi connectivity index (χ3n) is 4.75. The second kappa shape index (κ2) is 9.25. The van der Waals surface area contributed by atoms with Crippen molar-refractivity contribution in [2.24, 2.45) is 0 Å². The number of benzene rings is 3. The number of carbonyl (C=O) groups excluding carboxylic acids is 1. The van der Waals surface area contributed by atoms with Crippen LogP contribution in [-0.4, -0.2) is 20.9 Å². The van der Waals surface area contributed by atoms with Crippen molar-refractivity contribution in [3.8, 4) is 16.8 Å². The lowest BCUT2D eigenvalue weighted by atomic mass is 10.0. The van der Waals surface area contributed by atoms with Crippen LogP contribution in [0.5, 0.6) is 0 Å². The molecule has 6 nitrogen and oxygen atoms in total. The van der Waals surface area contributed by atoms with Crippen LogP contribution in [-0.2, 0) is 11.2 Å². The third-order valence-corrected chi connectivity index (χ3v) is 5.46. The number of anilines is 2. The van der Waals surface area contributed by atoms with Crippen molar-refractivity contribution >= 4 is 39.9 Å². The van der Waals surface area contributed by atoms with Crippen molar-refractivity contribution in [2.75, 3.05) is 11.1 Å². The molecule has 0 spiro atoms. The van der Waals surface area contributed by atoms with Gasteiger partial charge in [-0.3, -0.25) is 4.79 Å². The molecule has 3 aromatic carbocycles. The van der Waals surface area contributed by atoms with Crippen LogP contribution in [0, 0.1) is 9.39 Å². The van der Waals surface area contributed by atoms with Crippen molar-refractivity contribution in [3.63, 3.8) is 0 Å².